The van der Waals surface area contributed by atoms with Crippen molar-refractivity contribution in [3.8, 4) is 0 Å². The van der Waals surface area contributed by atoms with Gasteiger partial charge in [-0.25, -0.2) is 0 Å². The Kier molecular flexibility index (Phi) is 6.11. The van der Waals surface area contributed by atoms with Crippen LogP contribution in [0.1, 0.15) is 56.7 Å². The van der Waals surface area contributed by atoms with Gasteiger partial charge >= 0.3 is 0 Å². The van der Waals surface area contributed by atoms with Crippen molar-refractivity contribution in [1.29, 1.82) is 0 Å². The molecule has 114 valence electrons. The van der Waals surface area contributed by atoms with Crippen LogP contribution in [0.4, 0.5) is 0 Å². The number of fused-ring (bicyclic) bond motifs is 1. The van der Waals surface area contributed by atoms with Gasteiger partial charge in [-0.1, -0.05) is 20.3 Å². The lowest BCUT2D eigenvalue weighted by atomic mass is 10.1. The molecule has 1 aliphatic rings. The molecule has 0 bridgehead atoms. The first-order chi connectivity index (χ1) is 9.70. The van der Waals surface area contributed by atoms with Gasteiger partial charge in [0.05, 0.1) is 6.61 Å². The third-order valence-corrected chi connectivity index (χ3v) is 4.24. The summed E-state index contributed by atoms with van der Waals surface area (Å²) < 4.78 is 8.04. The van der Waals surface area contributed by atoms with Crippen LogP contribution in [0.5, 0.6) is 0 Å². The van der Waals surface area contributed by atoms with E-state index < -0.39 is 0 Å². The summed E-state index contributed by atoms with van der Waals surface area (Å²) in [5.74, 6) is 0.731. The van der Waals surface area contributed by atoms with E-state index in [4.69, 9.17) is 4.74 Å². The van der Waals surface area contributed by atoms with Crippen LogP contribution in [-0.4, -0.2) is 24.8 Å². The number of hydrogen-bond acceptors (Lipinski definition) is 2. The highest BCUT2D eigenvalue weighted by atomic mass is 16.5. The van der Waals surface area contributed by atoms with Gasteiger partial charge in [0.15, 0.2) is 0 Å². The highest BCUT2D eigenvalue weighted by Crippen LogP contribution is 2.29. The molecule has 0 saturated heterocycles. The van der Waals surface area contributed by atoms with E-state index in [-0.39, 0.29) is 0 Å². The molecule has 2 rings (SSSR count). The lowest BCUT2D eigenvalue weighted by molar-refractivity contribution is 0.116. The fourth-order valence-corrected chi connectivity index (χ4v) is 2.94. The number of rotatable bonds is 7. The molecule has 0 saturated carbocycles. The third kappa shape index (κ3) is 4.35. The van der Waals surface area contributed by atoms with Crippen LogP contribution >= 0.6 is 0 Å². The number of hydrogen-bond donors (Lipinski definition) is 1. The van der Waals surface area contributed by atoms with E-state index in [1.54, 1.807) is 0 Å². The normalized spacial score (nSPS) is 19.1. The monoisotopic (exact) mass is 278 g/mol. The summed E-state index contributed by atoms with van der Waals surface area (Å²) in [7, 11) is 2.08. The van der Waals surface area contributed by atoms with Gasteiger partial charge in [0.2, 0.25) is 0 Å². The molecule has 1 N–H and O–H groups in total. The Bertz CT molecular complexity index is 398. The molecule has 3 heteroatoms. The van der Waals surface area contributed by atoms with E-state index in [1.807, 2.05) is 0 Å². The maximum Gasteiger partial charge on any atom is 0.0645 e. The Balaban J connectivity index is 1.84. The van der Waals surface area contributed by atoms with Gasteiger partial charge in [-0.15, -0.1) is 0 Å². The number of nitrogens with zero attached hydrogens (tertiary/aromatic N) is 1. The third-order valence-electron chi connectivity index (χ3n) is 4.24. The number of nitrogens with one attached hydrogen (secondary N) is 1. The number of aromatic nitrogens is 1. The van der Waals surface area contributed by atoms with Crippen molar-refractivity contribution in [2.45, 2.75) is 58.5 Å². The summed E-state index contributed by atoms with van der Waals surface area (Å²) in [6.45, 7) is 7.16. The molecule has 20 heavy (non-hydrogen) atoms. The Labute approximate surface area is 123 Å². The van der Waals surface area contributed by atoms with Crippen LogP contribution in [-0.2, 0) is 17.7 Å². The zero-order chi connectivity index (χ0) is 14.4. The zero-order valence-electron chi connectivity index (χ0n) is 13.3. The first kappa shape index (κ1) is 15.6. The summed E-state index contributed by atoms with van der Waals surface area (Å²) in [5, 5.41) is 3.46. The molecule has 0 spiro atoms. The molecule has 0 fully saturated rings. The second-order valence-corrected chi connectivity index (χ2v) is 6.36. The quantitative estimate of drug-likeness (QED) is 0.610. The minimum absolute atomic E-state index is 0.538. The predicted octanol–water partition coefficient (Wildman–Crippen LogP) is 3.54. The van der Waals surface area contributed by atoms with Crippen molar-refractivity contribution >= 4 is 0 Å². The smallest absolute Gasteiger partial charge is 0.0645 e. The van der Waals surface area contributed by atoms with E-state index in [0.29, 0.717) is 6.04 Å². The Morgan fingerprint density at radius 3 is 2.90 bits per heavy atom. The fraction of sp³-hybridized carbons (Fsp3) is 0.765. The van der Waals surface area contributed by atoms with Crippen LogP contribution in [0.25, 0.3) is 0 Å². The molecule has 1 aliphatic carbocycles. The fourth-order valence-electron chi connectivity index (χ4n) is 2.94. The van der Waals surface area contributed by atoms with Crippen molar-refractivity contribution in [3.05, 3.63) is 23.5 Å². The van der Waals surface area contributed by atoms with Gasteiger partial charge in [0.25, 0.3) is 0 Å². The van der Waals surface area contributed by atoms with Gasteiger partial charge in [0, 0.05) is 31.6 Å². The van der Waals surface area contributed by atoms with Crippen molar-refractivity contribution in [1.82, 2.24) is 9.88 Å². The number of ether oxygens (including phenoxy) is 1. The minimum atomic E-state index is 0.538. The summed E-state index contributed by atoms with van der Waals surface area (Å²) in [6, 6.07) is 0.538. The van der Waals surface area contributed by atoms with Gasteiger partial charge in [-0.3, -0.25) is 0 Å². The van der Waals surface area contributed by atoms with Gasteiger partial charge in [-0.2, -0.15) is 0 Å². The van der Waals surface area contributed by atoms with E-state index >= 15 is 0 Å². The molecular weight excluding hydrogens is 248 g/mol. The second kappa shape index (κ2) is 7.84. The Hall–Kier alpha value is -0.800. The SMILES string of the molecule is CNC1CCCCc2cn(CCOCCC(C)C)cc21. The lowest BCUT2D eigenvalue weighted by Crippen LogP contribution is -2.15. The molecule has 1 atom stereocenters. The van der Waals surface area contributed by atoms with E-state index in [2.05, 4.69) is 43.2 Å². The van der Waals surface area contributed by atoms with Gasteiger partial charge in [0.1, 0.15) is 0 Å². The summed E-state index contributed by atoms with van der Waals surface area (Å²) in [5.41, 5.74) is 3.04. The second-order valence-electron chi connectivity index (χ2n) is 6.36. The first-order valence-corrected chi connectivity index (χ1v) is 8.14. The zero-order valence-corrected chi connectivity index (χ0v) is 13.3. The molecule has 1 unspecified atom stereocenters. The summed E-state index contributed by atoms with van der Waals surface area (Å²) >= 11 is 0. The van der Waals surface area contributed by atoms with Crippen LogP contribution in [0.2, 0.25) is 0 Å². The largest absolute Gasteiger partial charge is 0.380 e. The molecule has 1 heterocycles. The summed E-state index contributed by atoms with van der Waals surface area (Å²) in [4.78, 5) is 0. The number of aryl methyl sites for hydroxylation is 1. The highest BCUT2D eigenvalue weighted by Gasteiger charge is 2.18. The van der Waals surface area contributed by atoms with Crippen LogP contribution in [0.3, 0.4) is 0 Å². The lowest BCUT2D eigenvalue weighted by Gasteiger charge is -2.13. The van der Waals surface area contributed by atoms with E-state index in [1.165, 1.54) is 36.8 Å². The Morgan fingerprint density at radius 1 is 1.30 bits per heavy atom. The molecule has 0 radical (unpaired) electrons. The van der Waals surface area contributed by atoms with Crippen molar-refractivity contribution in [2.75, 3.05) is 20.3 Å². The van der Waals surface area contributed by atoms with Gasteiger partial charge in [-0.05, 0) is 49.8 Å². The topological polar surface area (TPSA) is 26.2 Å². The molecule has 1 aromatic rings. The molecular formula is C17H30N2O. The average molecular weight is 278 g/mol. The maximum atomic E-state index is 5.72. The van der Waals surface area contributed by atoms with Crippen molar-refractivity contribution < 1.29 is 4.74 Å². The van der Waals surface area contributed by atoms with Crippen LogP contribution in [0, 0.1) is 5.92 Å². The molecule has 3 nitrogen and oxygen atoms in total. The molecule has 0 amide bonds. The maximum absolute atomic E-state index is 5.72. The predicted molar refractivity (Wildman–Crippen MR) is 84.1 cm³/mol. The molecule has 1 aromatic heterocycles. The highest BCUT2D eigenvalue weighted by molar-refractivity contribution is 5.29. The molecule has 0 aromatic carbocycles. The van der Waals surface area contributed by atoms with Crippen LogP contribution in [0.15, 0.2) is 12.4 Å². The van der Waals surface area contributed by atoms with E-state index in [9.17, 15) is 0 Å². The standard InChI is InChI=1S/C17H30N2O/c1-14(2)8-10-20-11-9-19-12-15-6-4-5-7-17(18-3)16(15)13-19/h12-14,17-18H,4-11H2,1-3H3. The Morgan fingerprint density at radius 2 is 2.15 bits per heavy atom. The van der Waals surface area contributed by atoms with Gasteiger partial charge < -0.3 is 14.6 Å². The van der Waals surface area contributed by atoms with Crippen molar-refractivity contribution in [3.63, 3.8) is 0 Å². The minimum Gasteiger partial charge on any atom is -0.380 e. The molecule has 0 aliphatic heterocycles. The summed E-state index contributed by atoms with van der Waals surface area (Å²) in [6.07, 6.45) is 11.0. The van der Waals surface area contributed by atoms with Crippen molar-refractivity contribution in [2.24, 2.45) is 5.92 Å². The average Bonchev–Trinajstić information content (AvgIpc) is 2.72. The van der Waals surface area contributed by atoms with E-state index in [0.717, 1.165) is 32.1 Å². The first-order valence-electron chi connectivity index (χ1n) is 8.14. The van der Waals surface area contributed by atoms with Crippen LogP contribution < -0.4 is 5.32 Å².